The SMILES string of the molecule is CC(C)(c1ccccc1)c1ccc(OCCCOc2ccc(-c3ccc(C(=N)N)cc3)cc2)cc1. The molecule has 0 amide bonds. The molecule has 4 aromatic rings. The number of hydrogen-bond acceptors (Lipinski definition) is 3. The number of ether oxygens (including phenoxy) is 2. The third-order valence-corrected chi connectivity index (χ3v) is 6.28. The first-order valence-electron chi connectivity index (χ1n) is 11.9. The molecule has 0 radical (unpaired) electrons. The van der Waals surface area contributed by atoms with Gasteiger partial charge in [-0.1, -0.05) is 92.7 Å². The molecule has 4 nitrogen and oxygen atoms in total. The lowest BCUT2D eigenvalue weighted by Gasteiger charge is -2.26. The second-order valence-corrected chi connectivity index (χ2v) is 9.08. The minimum Gasteiger partial charge on any atom is -0.493 e. The molecular formula is C31H32N2O2. The maximum absolute atomic E-state index is 7.49. The van der Waals surface area contributed by atoms with E-state index in [1.54, 1.807) is 0 Å². The Morgan fingerprint density at radius 1 is 0.657 bits per heavy atom. The Bertz CT molecular complexity index is 1230. The lowest BCUT2D eigenvalue weighted by molar-refractivity contribution is 0.247. The fraction of sp³-hybridized carbons (Fsp3) is 0.194. The Hall–Kier alpha value is -4.05. The first-order valence-corrected chi connectivity index (χ1v) is 11.9. The molecule has 0 aliphatic carbocycles. The van der Waals surface area contributed by atoms with Gasteiger partial charge in [-0.05, 0) is 46.5 Å². The van der Waals surface area contributed by atoms with Crippen LogP contribution in [0.5, 0.6) is 11.5 Å². The van der Waals surface area contributed by atoms with Crippen LogP contribution in [-0.2, 0) is 5.41 Å². The molecule has 4 aromatic carbocycles. The van der Waals surface area contributed by atoms with E-state index in [1.165, 1.54) is 11.1 Å². The number of nitrogens with one attached hydrogen (secondary N) is 1. The van der Waals surface area contributed by atoms with Crippen LogP contribution in [0.2, 0.25) is 0 Å². The fourth-order valence-electron chi connectivity index (χ4n) is 4.01. The summed E-state index contributed by atoms with van der Waals surface area (Å²) in [5.41, 5.74) is 10.9. The van der Waals surface area contributed by atoms with Crippen molar-refractivity contribution >= 4 is 5.84 Å². The van der Waals surface area contributed by atoms with Crippen LogP contribution in [0.4, 0.5) is 0 Å². The van der Waals surface area contributed by atoms with Gasteiger partial charge in [-0.25, -0.2) is 0 Å². The zero-order valence-corrected chi connectivity index (χ0v) is 20.3. The minimum absolute atomic E-state index is 0.0544. The molecule has 0 heterocycles. The normalized spacial score (nSPS) is 11.1. The quantitative estimate of drug-likeness (QED) is 0.154. The molecule has 4 rings (SSSR count). The van der Waals surface area contributed by atoms with Crippen LogP contribution in [0.3, 0.4) is 0 Å². The summed E-state index contributed by atoms with van der Waals surface area (Å²) in [6.07, 6.45) is 0.797. The van der Waals surface area contributed by atoms with Gasteiger partial charge in [0.15, 0.2) is 0 Å². The second-order valence-electron chi connectivity index (χ2n) is 9.08. The van der Waals surface area contributed by atoms with Crippen LogP contribution in [0.25, 0.3) is 11.1 Å². The first kappa shape index (κ1) is 24.1. The predicted molar refractivity (Wildman–Crippen MR) is 144 cm³/mol. The van der Waals surface area contributed by atoms with Crippen LogP contribution < -0.4 is 15.2 Å². The van der Waals surface area contributed by atoms with E-state index in [-0.39, 0.29) is 11.3 Å². The second kappa shape index (κ2) is 10.9. The smallest absolute Gasteiger partial charge is 0.122 e. The van der Waals surface area contributed by atoms with E-state index in [0.717, 1.165) is 34.6 Å². The van der Waals surface area contributed by atoms with Crippen molar-refractivity contribution in [3.63, 3.8) is 0 Å². The Kier molecular flexibility index (Phi) is 7.51. The number of amidine groups is 1. The Morgan fingerprint density at radius 3 is 1.63 bits per heavy atom. The Labute approximate surface area is 207 Å². The van der Waals surface area contributed by atoms with Crippen LogP contribution in [0.15, 0.2) is 103 Å². The molecule has 0 bridgehead atoms. The van der Waals surface area contributed by atoms with Gasteiger partial charge in [-0.3, -0.25) is 5.41 Å². The van der Waals surface area contributed by atoms with Crippen molar-refractivity contribution in [2.75, 3.05) is 13.2 Å². The fourth-order valence-corrected chi connectivity index (χ4v) is 4.01. The van der Waals surface area contributed by atoms with Crippen molar-refractivity contribution in [3.8, 4) is 22.6 Å². The largest absolute Gasteiger partial charge is 0.493 e. The number of nitrogen functional groups attached to an aromatic ring is 1. The number of nitrogens with two attached hydrogens (primary N) is 1. The molecule has 0 atom stereocenters. The standard InChI is InChI=1S/C31H32N2O2/c1-31(2,26-7-4-3-5-8-26)27-15-19-29(20-16-27)35-22-6-21-34-28-17-13-24(14-18-28)23-9-11-25(12-10-23)30(32)33/h3-5,7-20H,6,21-22H2,1-2H3,(H3,32,33). The number of hydrogen-bond donors (Lipinski definition) is 2. The topological polar surface area (TPSA) is 68.3 Å². The lowest BCUT2D eigenvalue weighted by atomic mass is 9.78. The molecule has 4 heteroatoms. The molecule has 0 aliphatic heterocycles. The van der Waals surface area contributed by atoms with Crippen molar-refractivity contribution in [1.29, 1.82) is 5.41 Å². The summed E-state index contributed by atoms with van der Waals surface area (Å²) in [4.78, 5) is 0. The van der Waals surface area contributed by atoms with Gasteiger partial charge in [0.05, 0.1) is 13.2 Å². The van der Waals surface area contributed by atoms with E-state index in [1.807, 2.05) is 66.7 Å². The summed E-state index contributed by atoms with van der Waals surface area (Å²) in [6.45, 7) is 5.67. The van der Waals surface area contributed by atoms with E-state index in [9.17, 15) is 0 Å². The van der Waals surface area contributed by atoms with Gasteiger partial charge in [0.1, 0.15) is 17.3 Å². The van der Waals surface area contributed by atoms with Crippen LogP contribution in [0.1, 0.15) is 37.0 Å². The summed E-state index contributed by atoms with van der Waals surface area (Å²) in [7, 11) is 0. The number of benzene rings is 4. The zero-order valence-electron chi connectivity index (χ0n) is 20.3. The van der Waals surface area contributed by atoms with Crippen molar-refractivity contribution < 1.29 is 9.47 Å². The summed E-state index contributed by atoms with van der Waals surface area (Å²) in [5, 5.41) is 7.49. The third kappa shape index (κ3) is 6.10. The third-order valence-electron chi connectivity index (χ3n) is 6.28. The molecule has 0 spiro atoms. The van der Waals surface area contributed by atoms with E-state index < -0.39 is 0 Å². The molecule has 0 saturated carbocycles. The monoisotopic (exact) mass is 464 g/mol. The van der Waals surface area contributed by atoms with Crippen LogP contribution in [0, 0.1) is 5.41 Å². The van der Waals surface area contributed by atoms with E-state index in [0.29, 0.717) is 13.2 Å². The van der Waals surface area contributed by atoms with Crippen molar-refractivity contribution in [2.45, 2.75) is 25.7 Å². The molecule has 0 aromatic heterocycles. The highest BCUT2D eigenvalue weighted by Crippen LogP contribution is 2.32. The van der Waals surface area contributed by atoms with Gasteiger partial charge in [0, 0.05) is 17.4 Å². The highest BCUT2D eigenvalue weighted by atomic mass is 16.5. The predicted octanol–water partition coefficient (Wildman–Crippen LogP) is 6.81. The first-order chi connectivity index (χ1) is 16.9. The lowest BCUT2D eigenvalue weighted by Crippen LogP contribution is -2.18. The Morgan fingerprint density at radius 2 is 1.11 bits per heavy atom. The highest BCUT2D eigenvalue weighted by molar-refractivity contribution is 5.95. The maximum Gasteiger partial charge on any atom is 0.122 e. The van der Waals surface area contributed by atoms with Crippen molar-refractivity contribution in [3.05, 3.63) is 120 Å². The highest BCUT2D eigenvalue weighted by Gasteiger charge is 2.22. The maximum atomic E-state index is 7.49. The molecule has 178 valence electrons. The molecule has 0 fully saturated rings. The zero-order chi connectivity index (χ0) is 24.7. The van der Waals surface area contributed by atoms with Crippen molar-refractivity contribution in [1.82, 2.24) is 0 Å². The van der Waals surface area contributed by atoms with Gasteiger partial charge in [0.2, 0.25) is 0 Å². The average molecular weight is 465 g/mol. The molecule has 0 saturated heterocycles. The van der Waals surface area contributed by atoms with E-state index in [2.05, 4.69) is 50.2 Å². The average Bonchev–Trinajstić information content (AvgIpc) is 2.90. The summed E-state index contributed by atoms with van der Waals surface area (Å²) in [6, 6.07) is 34.6. The summed E-state index contributed by atoms with van der Waals surface area (Å²) in [5.74, 6) is 1.78. The van der Waals surface area contributed by atoms with E-state index >= 15 is 0 Å². The van der Waals surface area contributed by atoms with Crippen molar-refractivity contribution in [2.24, 2.45) is 5.73 Å². The van der Waals surface area contributed by atoms with E-state index in [4.69, 9.17) is 20.6 Å². The molecule has 3 N–H and O–H groups in total. The summed E-state index contributed by atoms with van der Waals surface area (Å²) >= 11 is 0. The molecule has 35 heavy (non-hydrogen) atoms. The van der Waals surface area contributed by atoms with Gasteiger partial charge in [-0.2, -0.15) is 0 Å². The van der Waals surface area contributed by atoms with Gasteiger partial charge < -0.3 is 15.2 Å². The number of rotatable bonds is 10. The minimum atomic E-state index is -0.0544. The van der Waals surface area contributed by atoms with Gasteiger partial charge >= 0.3 is 0 Å². The summed E-state index contributed by atoms with van der Waals surface area (Å²) < 4.78 is 11.8. The van der Waals surface area contributed by atoms with Crippen LogP contribution >= 0.6 is 0 Å². The van der Waals surface area contributed by atoms with Crippen LogP contribution in [-0.4, -0.2) is 19.0 Å². The van der Waals surface area contributed by atoms with Gasteiger partial charge in [-0.15, -0.1) is 0 Å². The molecule has 0 aliphatic rings. The van der Waals surface area contributed by atoms with Gasteiger partial charge in [0.25, 0.3) is 0 Å². The molecule has 0 unspecified atom stereocenters. The molecular weight excluding hydrogens is 432 g/mol. The Balaban J connectivity index is 1.22.